The SMILES string of the molecule is N#Cc1nc2ccncc2[nH]1. The van der Waals surface area contributed by atoms with Crippen LogP contribution in [0.1, 0.15) is 5.82 Å². The van der Waals surface area contributed by atoms with Crippen LogP contribution in [-0.2, 0) is 0 Å². The summed E-state index contributed by atoms with van der Waals surface area (Å²) in [5, 5.41) is 8.47. The highest BCUT2D eigenvalue weighted by atomic mass is 14.9. The van der Waals surface area contributed by atoms with Crippen LogP contribution in [0, 0.1) is 11.3 Å². The molecule has 1 N–H and O–H groups in total. The summed E-state index contributed by atoms with van der Waals surface area (Å²) in [6, 6.07) is 3.68. The van der Waals surface area contributed by atoms with Crippen molar-refractivity contribution in [1.29, 1.82) is 5.26 Å². The lowest BCUT2D eigenvalue weighted by Crippen LogP contribution is -1.72. The van der Waals surface area contributed by atoms with Crippen molar-refractivity contribution < 1.29 is 0 Å². The zero-order valence-corrected chi connectivity index (χ0v) is 5.57. The van der Waals surface area contributed by atoms with Gasteiger partial charge in [0.05, 0.1) is 17.2 Å². The van der Waals surface area contributed by atoms with Gasteiger partial charge in [-0.2, -0.15) is 5.26 Å². The summed E-state index contributed by atoms with van der Waals surface area (Å²) in [6.07, 6.45) is 3.29. The van der Waals surface area contributed by atoms with E-state index in [1.807, 2.05) is 6.07 Å². The molecule has 4 nitrogen and oxygen atoms in total. The van der Waals surface area contributed by atoms with Gasteiger partial charge in [0.15, 0.2) is 0 Å². The third-order valence-corrected chi connectivity index (χ3v) is 1.39. The van der Waals surface area contributed by atoms with Gasteiger partial charge in [-0.1, -0.05) is 0 Å². The molecule has 4 heteroatoms. The Hall–Kier alpha value is -1.89. The largest absolute Gasteiger partial charge is 0.328 e. The molecule has 2 heterocycles. The summed E-state index contributed by atoms with van der Waals surface area (Å²) in [6.45, 7) is 0. The summed E-state index contributed by atoms with van der Waals surface area (Å²) in [7, 11) is 0. The average Bonchev–Trinajstić information content (AvgIpc) is 2.46. The van der Waals surface area contributed by atoms with Crippen molar-refractivity contribution in [1.82, 2.24) is 15.0 Å². The van der Waals surface area contributed by atoms with Crippen LogP contribution in [0.4, 0.5) is 0 Å². The van der Waals surface area contributed by atoms with Gasteiger partial charge in [-0.3, -0.25) is 4.98 Å². The quantitative estimate of drug-likeness (QED) is 0.595. The van der Waals surface area contributed by atoms with Crippen LogP contribution in [0.2, 0.25) is 0 Å². The predicted molar refractivity (Wildman–Crippen MR) is 38.6 cm³/mol. The molecule has 0 bridgehead atoms. The van der Waals surface area contributed by atoms with E-state index < -0.39 is 0 Å². The Bertz CT molecular complexity index is 390. The van der Waals surface area contributed by atoms with Crippen molar-refractivity contribution in [2.24, 2.45) is 0 Å². The van der Waals surface area contributed by atoms with Crippen molar-refractivity contribution >= 4 is 11.0 Å². The molecule has 0 saturated heterocycles. The van der Waals surface area contributed by atoms with Gasteiger partial charge in [0.25, 0.3) is 0 Å². The molecule has 0 saturated carbocycles. The maximum Gasteiger partial charge on any atom is 0.211 e. The molecule has 2 aromatic heterocycles. The van der Waals surface area contributed by atoms with Gasteiger partial charge in [-0.05, 0) is 6.07 Å². The van der Waals surface area contributed by atoms with E-state index in [-0.39, 0.29) is 0 Å². The van der Waals surface area contributed by atoms with E-state index in [9.17, 15) is 0 Å². The first-order valence-electron chi connectivity index (χ1n) is 3.10. The van der Waals surface area contributed by atoms with E-state index in [0.29, 0.717) is 5.82 Å². The highest BCUT2D eigenvalue weighted by Crippen LogP contribution is 2.06. The number of nitriles is 1. The molecule has 0 fully saturated rings. The Morgan fingerprint density at radius 2 is 2.45 bits per heavy atom. The minimum absolute atomic E-state index is 0.327. The van der Waals surface area contributed by atoms with Crippen molar-refractivity contribution in [3.8, 4) is 6.07 Å². The lowest BCUT2D eigenvalue weighted by Gasteiger charge is -1.80. The number of H-pyrrole nitrogens is 1. The van der Waals surface area contributed by atoms with Gasteiger partial charge in [0, 0.05) is 6.20 Å². The van der Waals surface area contributed by atoms with E-state index in [1.54, 1.807) is 18.5 Å². The van der Waals surface area contributed by atoms with E-state index >= 15 is 0 Å². The second kappa shape index (κ2) is 2.06. The zero-order chi connectivity index (χ0) is 7.68. The molecule has 0 spiro atoms. The first-order valence-corrected chi connectivity index (χ1v) is 3.10. The number of rotatable bonds is 0. The lowest BCUT2D eigenvalue weighted by atomic mass is 10.4. The number of hydrogen-bond donors (Lipinski definition) is 1. The fraction of sp³-hybridized carbons (Fsp3) is 0. The van der Waals surface area contributed by atoms with Crippen LogP contribution < -0.4 is 0 Å². The molecule has 0 aromatic carbocycles. The van der Waals surface area contributed by atoms with Crippen LogP contribution in [-0.4, -0.2) is 15.0 Å². The first-order chi connectivity index (χ1) is 5.40. The second-order valence-electron chi connectivity index (χ2n) is 2.09. The van der Waals surface area contributed by atoms with E-state index in [0.717, 1.165) is 11.0 Å². The topological polar surface area (TPSA) is 65.4 Å². The molecule has 0 unspecified atom stereocenters. The molecule has 2 rings (SSSR count). The number of hydrogen-bond acceptors (Lipinski definition) is 3. The molecular formula is C7H4N4. The number of aromatic amines is 1. The molecule has 0 atom stereocenters. The number of nitrogens with zero attached hydrogens (tertiary/aromatic N) is 3. The number of pyridine rings is 1. The second-order valence-corrected chi connectivity index (χ2v) is 2.09. The normalized spacial score (nSPS) is 9.73. The highest BCUT2D eigenvalue weighted by molar-refractivity contribution is 5.74. The van der Waals surface area contributed by atoms with Gasteiger partial charge in [0.2, 0.25) is 5.82 Å². The van der Waals surface area contributed by atoms with Gasteiger partial charge in [-0.25, -0.2) is 4.98 Å². The van der Waals surface area contributed by atoms with Crippen molar-refractivity contribution in [3.63, 3.8) is 0 Å². The smallest absolute Gasteiger partial charge is 0.211 e. The number of imidazole rings is 1. The Labute approximate surface area is 62.5 Å². The fourth-order valence-electron chi connectivity index (χ4n) is 0.910. The van der Waals surface area contributed by atoms with Crippen LogP contribution in [0.3, 0.4) is 0 Å². The Balaban J connectivity index is 2.81. The third kappa shape index (κ3) is 0.829. The first kappa shape index (κ1) is 5.86. The van der Waals surface area contributed by atoms with Crippen molar-refractivity contribution in [2.45, 2.75) is 0 Å². The molecule has 52 valence electrons. The summed E-state index contributed by atoms with van der Waals surface area (Å²) >= 11 is 0. The Kier molecular flexibility index (Phi) is 1.10. The van der Waals surface area contributed by atoms with E-state index in [1.165, 1.54) is 0 Å². The molecule has 0 aliphatic rings. The maximum atomic E-state index is 8.47. The molecule has 2 aromatic rings. The van der Waals surface area contributed by atoms with Gasteiger partial charge >= 0.3 is 0 Å². The van der Waals surface area contributed by atoms with Crippen molar-refractivity contribution in [3.05, 3.63) is 24.3 Å². The lowest BCUT2D eigenvalue weighted by molar-refractivity contribution is 1.25. The summed E-state index contributed by atoms with van der Waals surface area (Å²) in [5.74, 6) is 0.327. The Morgan fingerprint density at radius 3 is 3.18 bits per heavy atom. The van der Waals surface area contributed by atoms with Crippen LogP contribution >= 0.6 is 0 Å². The minimum atomic E-state index is 0.327. The number of fused-ring (bicyclic) bond motifs is 1. The van der Waals surface area contributed by atoms with Gasteiger partial charge in [-0.15, -0.1) is 0 Å². The molecule has 0 aliphatic heterocycles. The predicted octanol–water partition coefficient (Wildman–Crippen LogP) is 0.830. The van der Waals surface area contributed by atoms with Crippen LogP contribution in [0.25, 0.3) is 11.0 Å². The maximum absolute atomic E-state index is 8.47. The molecule has 0 aliphatic carbocycles. The van der Waals surface area contributed by atoms with E-state index in [4.69, 9.17) is 5.26 Å². The van der Waals surface area contributed by atoms with Crippen LogP contribution in [0.5, 0.6) is 0 Å². The summed E-state index contributed by atoms with van der Waals surface area (Å²) in [4.78, 5) is 10.7. The third-order valence-electron chi connectivity index (χ3n) is 1.39. The van der Waals surface area contributed by atoms with Crippen molar-refractivity contribution in [2.75, 3.05) is 0 Å². The summed E-state index contributed by atoms with van der Waals surface area (Å²) in [5.41, 5.74) is 1.57. The summed E-state index contributed by atoms with van der Waals surface area (Å²) < 4.78 is 0. The monoisotopic (exact) mass is 144 g/mol. The molecular weight excluding hydrogens is 140 g/mol. The van der Waals surface area contributed by atoms with E-state index in [2.05, 4.69) is 15.0 Å². The minimum Gasteiger partial charge on any atom is -0.328 e. The van der Waals surface area contributed by atoms with Gasteiger partial charge in [0.1, 0.15) is 6.07 Å². The highest BCUT2D eigenvalue weighted by Gasteiger charge is 1.98. The molecule has 0 radical (unpaired) electrons. The molecule has 11 heavy (non-hydrogen) atoms. The average molecular weight is 144 g/mol. The number of aromatic nitrogens is 3. The zero-order valence-electron chi connectivity index (χ0n) is 5.57. The fourth-order valence-corrected chi connectivity index (χ4v) is 0.910. The Morgan fingerprint density at radius 1 is 1.55 bits per heavy atom. The van der Waals surface area contributed by atoms with Crippen LogP contribution in [0.15, 0.2) is 18.5 Å². The molecule has 0 amide bonds. The van der Waals surface area contributed by atoms with Gasteiger partial charge < -0.3 is 4.98 Å². The number of nitrogens with one attached hydrogen (secondary N) is 1. The standard InChI is InChI=1S/C7H4N4/c8-3-7-10-5-1-2-9-4-6(5)11-7/h1-2,4H,(H,10,11).